The number of aliphatic hydroxyl groups is 1. The van der Waals surface area contributed by atoms with E-state index in [1.165, 1.54) is 16.7 Å². The van der Waals surface area contributed by atoms with Crippen molar-refractivity contribution in [3.05, 3.63) is 58.7 Å². The molecule has 0 spiro atoms. The molecule has 4 rings (SSSR count). The molecule has 2 heterocycles. The normalized spacial score (nSPS) is 27.3. The maximum Gasteiger partial charge on any atom is 0.0968 e. The predicted molar refractivity (Wildman–Crippen MR) is 99.8 cm³/mol. The molecule has 134 valence electrons. The van der Waals surface area contributed by atoms with Crippen LogP contribution >= 0.6 is 0 Å². The molecule has 4 heteroatoms. The van der Waals surface area contributed by atoms with Crippen LogP contribution in [0.15, 0.2) is 30.6 Å². The minimum atomic E-state index is -0.501. The van der Waals surface area contributed by atoms with Gasteiger partial charge in [-0.2, -0.15) is 5.26 Å². The van der Waals surface area contributed by atoms with E-state index in [1.54, 1.807) is 0 Å². The van der Waals surface area contributed by atoms with Gasteiger partial charge in [-0.05, 0) is 80.7 Å². The molecule has 0 radical (unpaired) electrons. The lowest BCUT2D eigenvalue weighted by Crippen LogP contribution is -2.39. The van der Waals surface area contributed by atoms with Crippen molar-refractivity contribution in [2.24, 2.45) is 0 Å². The number of hydrogen-bond acceptors (Lipinski definition) is 4. The van der Waals surface area contributed by atoms with Gasteiger partial charge < -0.3 is 5.11 Å². The zero-order valence-electron chi connectivity index (χ0n) is 15.3. The predicted octanol–water partition coefficient (Wildman–Crippen LogP) is 3.40. The molecule has 2 aliphatic carbocycles. The summed E-state index contributed by atoms with van der Waals surface area (Å²) in [5.41, 5.74) is 4.87. The molecule has 0 bridgehead atoms. The molecule has 26 heavy (non-hydrogen) atoms. The van der Waals surface area contributed by atoms with Crippen LogP contribution in [0.5, 0.6) is 0 Å². The quantitative estimate of drug-likeness (QED) is 0.924. The van der Waals surface area contributed by atoms with Crippen LogP contribution in [0.4, 0.5) is 0 Å². The molecule has 0 saturated heterocycles. The van der Waals surface area contributed by atoms with Crippen LogP contribution in [0.3, 0.4) is 0 Å². The summed E-state index contributed by atoms with van der Waals surface area (Å²) < 4.78 is 0. The number of fused-ring (bicyclic) bond motifs is 2. The van der Waals surface area contributed by atoms with E-state index in [-0.39, 0.29) is 12.0 Å². The van der Waals surface area contributed by atoms with E-state index >= 15 is 0 Å². The van der Waals surface area contributed by atoms with E-state index < -0.39 is 5.41 Å². The highest BCUT2D eigenvalue weighted by Crippen LogP contribution is 2.42. The molecule has 1 unspecified atom stereocenters. The second-order valence-electron chi connectivity index (χ2n) is 8.07. The van der Waals surface area contributed by atoms with Crippen LogP contribution in [-0.2, 0) is 30.1 Å². The van der Waals surface area contributed by atoms with E-state index in [4.69, 9.17) is 0 Å². The number of hydrogen-bond donors (Lipinski definition) is 1. The Hall–Kier alpha value is -2.25. The van der Waals surface area contributed by atoms with Gasteiger partial charge in [0.05, 0.1) is 29.5 Å². The Morgan fingerprint density at radius 2 is 1.92 bits per heavy atom. The monoisotopic (exact) mass is 347 g/mol. The van der Waals surface area contributed by atoms with E-state index in [0.717, 1.165) is 56.3 Å². The lowest BCUT2D eigenvalue weighted by Gasteiger charge is -2.38. The summed E-state index contributed by atoms with van der Waals surface area (Å²) in [4.78, 5) is 9.26. The standard InChI is InChI=1S/C22H25N3O/c1-21(14-23)9-3-7-18-17(8-12-25-20(18)21)13-22(15-26)10-2-5-16-6-4-11-24-19(16)22/h4,6,8,11-12,26H,2-3,5,7,9-10,13,15H2,1H3/t21-,22?/m0/s1. The van der Waals surface area contributed by atoms with Gasteiger partial charge in [-0.1, -0.05) is 6.07 Å². The number of aliphatic hydroxyl groups excluding tert-OH is 1. The summed E-state index contributed by atoms with van der Waals surface area (Å²) in [6, 6.07) is 8.69. The van der Waals surface area contributed by atoms with Crippen molar-refractivity contribution >= 4 is 0 Å². The molecule has 1 N–H and O–H groups in total. The number of aryl methyl sites for hydroxylation is 1. The first kappa shape index (κ1) is 17.2. The minimum Gasteiger partial charge on any atom is -0.395 e. The molecule has 0 fully saturated rings. The van der Waals surface area contributed by atoms with Gasteiger partial charge in [0.2, 0.25) is 0 Å². The Kier molecular flexibility index (Phi) is 4.28. The van der Waals surface area contributed by atoms with Gasteiger partial charge in [-0.15, -0.1) is 0 Å². The smallest absolute Gasteiger partial charge is 0.0968 e. The number of nitrogens with zero attached hydrogens (tertiary/aromatic N) is 3. The molecule has 2 aromatic rings. The number of nitriles is 1. The zero-order chi connectivity index (χ0) is 18.2. The third-order valence-electron chi connectivity index (χ3n) is 6.35. The Morgan fingerprint density at radius 3 is 2.73 bits per heavy atom. The van der Waals surface area contributed by atoms with Crippen LogP contribution in [0, 0.1) is 11.3 Å². The molecule has 2 aliphatic rings. The van der Waals surface area contributed by atoms with Gasteiger partial charge in [0.1, 0.15) is 0 Å². The summed E-state index contributed by atoms with van der Waals surface area (Å²) in [7, 11) is 0. The molecule has 2 atom stereocenters. The number of aromatic nitrogens is 2. The summed E-state index contributed by atoms with van der Waals surface area (Å²) in [6.07, 6.45) is 10.3. The Bertz CT molecular complexity index is 872. The summed E-state index contributed by atoms with van der Waals surface area (Å²) in [6.45, 7) is 2.10. The van der Waals surface area contributed by atoms with E-state index in [1.807, 2.05) is 25.4 Å². The molecule has 4 nitrogen and oxygen atoms in total. The maximum absolute atomic E-state index is 10.4. The fraction of sp³-hybridized carbons (Fsp3) is 0.500. The largest absolute Gasteiger partial charge is 0.395 e. The minimum absolute atomic E-state index is 0.101. The van der Waals surface area contributed by atoms with Crippen molar-refractivity contribution in [3.8, 4) is 6.07 Å². The fourth-order valence-corrected chi connectivity index (χ4v) is 4.90. The fourth-order valence-electron chi connectivity index (χ4n) is 4.90. The highest BCUT2D eigenvalue weighted by atomic mass is 16.3. The summed E-state index contributed by atoms with van der Waals surface area (Å²) in [5, 5.41) is 20.1. The maximum atomic E-state index is 10.4. The highest BCUT2D eigenvalue weighted by Gasteiger charge is 2.40. The topological polar surface area (TPSA) is 69.8 Å². The van der Waals surface area contributed by atoms with Gasteiger partial charge in [0.25, 0.3) is 0 Å². The molecule has 0 aromatic carbocycles. The van der Waals surface area contributed by atoms with Crippen LogP contribution in [0.2, 0.25) is 0 Å². The van der Waals surface area contributed by atoms with Crippen LogP contribution in [0.1, 0.15) is 60.7 Å². The van der Waals surface area contributed by atoms with Crippen molar-refractivity contribution in [2.45, 2.75) is 62.7 Å². The van der Waals surface area contributed by atoms with Gasteiger partial charge in [-0.3, -0.25) is 9.97 Å². The second kappa shape index (κ2) is 6.48. The van der Waals surface area contributed by atoms with E-state index in [2.05, 4.69) is 28.2 Å². The second-order valence-corrected chi connectivity index (χ2v) is 8.07. The first-order valence-electron chi connectivity index (χ1n) is 9.56. The zero-order valence-corrected chi connectivity index (χ0v) is 15.3. The van der Waals surface area contributed by atoms with Crippen molar-refractivity contribution in [3.63, 3.8) is 0 Å². The molecule has 2 aromatic heterocycles. The first-order valence-corrected chi connectivity index (χ1v) is 9.56. The van der Waals surface area contributed by atoms with Crippen LogP contribution in [-0.4, -0.2) is 21.7 Å². The Balaban J connectivity index is 1.79. The SMILES string of the molecule is C[C@@]1(C#N)CCCc2c(CC3(CO)CCCc4cccnc43)ccnc21. The summed E-state index contributed by atoms with van der Waals surface area (Å²) in [5.74, 6) is 0. The molecule has 0 saturated carbocycles. The highest BCUT2D eigenvalue weighted by molar-refractivity contribution is 5.43. The van der Waals surface area contributed by atoms with Gasteiger partial charge in [0.15, 0.2) is 0 Å². The van der Waals surface area contributed by atoms with Crippen LogP contribution < -0.4 is 0 Å². The molecule has 0 amide bonds. The van der Waals surface area contributed by atoms with Crippen LogP contribution in [0.25, 0.3) is 0 Å². The van der Waals surface area contributed by atoms with E-state index in [0.29, 0.717) is 0 Å². The lowest BCUT2D eigenvalue weighted by atomic mass is 9.67. The van der Waals surface area contributed by atoms with Gasteiger partial charge in [0, 0.05) is 17.8 Å². The van der Waals surface area contributed by atoms with Crippen molar-refractivity contribution in [1.29, 1.82) is 5.26 Å². The Morgan fingerprint density at radius 1 is 1.12 bits per heavy atom. The lowest BCUT2D eigenvalue weighted by molar-refractivity contribution is 0.168. The molecular formula is C22H25N3O. The number of pyridine rings is 2. The first-order chi connectivity index (χ1) is 12.6. The average molecular weight is 347 g/mol. The van der Waals surface area contributed by atoms with Gasteiger partial charge in [-0.25, -0.2) is 0 Å². The van der Waals surface area contributed by atoms with Crippen molar-refractivity contribution in [2.75, 3.05) is 6.61 Å². The third-order valence-corrected chi connectivity index (χ3v) is 6.35. The number of rotatable bonds is 3. The molecular weight excluding hydrogens is 322 g/mol. The van der Waals surface area contributed by atoms with E-state index in [9.17, 15) is 10.4 Å². The van der Waals surface area contributed by atoms with Crippen molar-refractivity contribution < 1.29 is 5.11 Å². The third kappa shape index (κ3) is 2.62. The Labute approximate surface area is 154 Å². The molecule has 0 aliphatic heterocycles. The average Bonchev–Trinajstić information content (AvgIpc) is 2.69. The summed E-state index contributed by atoms with van der Waals surface area (Å²) >= 11 is 0. The van der Waals surface area contributed by atoms with Gasteiger partial charge >= 0.3 is 0 Å². The van der Waals surface area contributed by atoms with Crippen molar-refractivity contribution in [1.82, 2.24) is 9.97 Å².